The van der Waals surface area contributed by atoms with Gasteiger partial charge >= 0.3 is 0 Å². The number of rotatable bonds is 22. The molecule has 228 valence electrons. The summed E-state index contributed by atoms with van der Waals surface area (Å²) in [6.45, 7) is -4.58. The summed E-state index contributed by atoms with van der Waals surface area (Å²) >= 11 is 0. The molecule has 0 aromatic heterocycles. The van der Waals surface area contributed by atoms with Crippen LogP contribution in [-0.2, 0) is 38.7 Å². The molecule has 0 bridgehead atoms. The van der Waals surface area contributed by atoms with Gasteiger partial charge in [-0.2, -0.15) is 0 Å². The van der Waals surface area contributed by atoms with Crippen LogP contribution in [0.2, 0.25) is 0 Å². The average molecular weight is 604 g/mol. The average Bonchev–Trinajstić information content (AvgIpc) is 2.79. The molecule has 32 nitrogen and oxygen atoms in total. The molecule has 0 aromatic rings. The maximum absolute atomic E-state index is 10.1. The lowest BCUT2D eigenvalue weighted by molar-refractivity contribution is -0.818. The Morgan fingerprint density at radius 3 is 0.575 bits per heavy atom. The molecule has 0 saturated heterocycles. The lowest BCUT2D eigenvalue weighted by atomic mass is 10.2. The van der Waals surface area contributed by atoms with Crippen LogP contribution in [-0.4, -0.2) is 91.5 Å². The molecular formula is C8H12N8O24. The SMILES string of the molecule is O=[N+]([O-])OC[C@H](O[N+](=O)[O-])[C@@H](CO[N+](=O)[O-])O[N+](=O)[O-].O=[N+]([O-])OC[C@H](O[N+](=O)[O-])[C@@H](CO[N+](=O)[O-])O[N+](=O)[O-]. The Morgan fingerprint density at radius 2 is 0.475 bits per heavy atom. The van der Waals surface area contributed by atoms with E-state index in [2.05, 4.69) is 38.7 Å². The molecule has 0 N–H and O–H groups in total. The second-order valence-corrected chi connectivity index (χ2v) is 5.55. The molecule has 0 aliphatic heterocycles. The molecule has 0 amide bonds. The first-order valence-electron chi connectivity index (χ1n) is 8.78. The molecule has 32 heteroatoms. The minimum absolute atomic E-state index is 1.15. The summed E-state index contributed by atoms with van der Waals surface area (Å²) in [5.41, 5.74) is 0. The van der Waals surface area contributed by atoms with Crippen molar-refractivity contribution in [1.82, 2.24) is 0 Å². The van der Waals surface area contributed by atoms with E-state index in [0.717, 1.165) is 0 Å². The quantitative estimate of drug-likeness (QED) is 0.0883. The van der Waals surface area contributed by atoms with E-state index in [1.807, 2.05) is 0 Å². The molecule has 0 saturated carbocycles. The Balaban J connectivity index is 0. The summed E-state index contributed by atoms with van der Waals surface area (Å²) < 4.78 is 0. The Morgan fingerprint density at radius 1 is 0.325 bits per heavy atom. The van der Waals surface area contributed by atoms with Crippen molar-refractivity contribution < 1.29 is 79.4 Å². The molecule has 0 heterocycles. The summed E-state index contributed by atoms with van der Waals surface area (Å²) in [5.74, 6) is 0. The first-order valence-corrected chi connectivity index (χ1v) is 8.78. The molecule has 0 aliphatic carbocycles. The van der Waals surface area contributed by atoms with Crippen molar-refractivity contribution in [3.63, 3.8) is 0 Å². The van der Waals surface area contributed by atoms with Crippen LogP contribution >= 0.6 is 0 Å². The highest BCUT2D eigenvalue weighted by molar-refractivity contribution is 4.67. The summed E-state index contributed by atoms with van der Waals surface area (Å²) in [4.78, 5) is 111. The lowest BCUT2D eigenvalue weighted by Crippen LogP contribution is -2.42. The van der Waals surface area contributed by atoms with Gasteiger partial charge in [-0.25, -0.2) is 0 Å². The Bertz CT molecular complexity index is 767. The van der Waals surface area contributed by atoms with Crippen molar-refractivity contribution in [1.29, 1.82) is 0 Å². The van der Waals surface area contributed by atoms with Crippen LogP contribution in [0.3, 0.4) is 0 Å². The zero-order valence-electron chi connectivity index (χ0n) is 18.5. The molecule has 0 unspecified atom stereocenters. The second-order valence-electron chi connectivity index (χ2n) is 5.55. The Kier molecular flexibility index (Phi) is 16.8. The van der Waals surface area contributed by atoms with E-state index in [0.29, 0.717) is 0 Å². The van der Waals surface area contributed by atoms with E-state index < -0.39 is 91.5 Å². The van der Waals surface area contributed by atoms with E-state index >= 15 is 0 Å². The van der Waals surface area contributed by atoms with Crippen molar-refractivity contribution in [3.05, 3.63) is 80.9 Å². The van der Waals surface area contributed by atoms with Crippen molar-refractivity contribution >= 4 is 0 Å². The normalized spacial score (nSPS) is 12.6. The van der Waals surface area contributed by atoms with Crippen molar-refractivity contribution in [2.45, 2.75) is 24.4 Å². The number of nitrogens with zero attached hydrogens (tertiary/aromatic N) is 8. The van der Waals surface area contributed by atoms with Gasteiger partial charge < -0.3 is 38.7 Å². The van der Waals surface area contributed by atoms with Crippen LogP contribution in [0.5, 0.6) is 0 Å². The Hall–Kier alpha value is -6.40. The summed E-state index contributed by atoms with van der Waals surface area (Å²) in [7, 11) is 0. The fourth-order valence-corrected chi connectivity index (χ4v) is 1.80. The molecule has 40 heavy (non-hydrogen) atoms. The molecule has 0 spiro atoms. The third kappa shape index (κ3) is 20.9. The maximum Gasteiger partial charge on any atom is 0.294 e. The molecule has 4 atom stereocenters. The van der Waals surface area contributed by atoms with Gasteiger partial charge in [-0.3, -0.25) is 0 Å². The minimum Gasteiger partial charge on any atom is -0.311 e. The van der Waals surface area contributed by atoms with E-state index in [1.165, 1.54) is 0 Å². The zero-order valence-corrected chi connectivity index (χ0v) is 18.5. The monoisotopic (exact) mass is 604 g/mol. The molecule has 0 fully saturated rings. The molecule has 0 radical (unpaired) electrons. The van der Waals surface area contributed by atoms with Crippen LogP contribution in [0.15, 0.2) is 0 Å². The number of hydrogen-bond donors (Lipinski definition) is 0. The van der Waals surface area contributed by atoms with E-state index in [4.69, 9.17) is 0 Å². The van der Waals surface area contributed by atoms with Crippen LogP contribution in [0.1, 0.15) is 0 Å². The van der Waals surface area contributed by atoms with Crippen molar-refractivity contribution in [2.24, 2.45) is 0 Å². The van der Waals surface area contributed by atoms with Crippen LogP contribution in [0.4, 0.5) is 0 Å². The van der Waals surface area contributed by atoms with Gasteiger partial charge in [-0.1, -0.05) is 0 Å². The van der Waals surface area contributed by atoms with E-state index in [-0.39, 0.29) is 0 Å². The lowest BCUT2D eigenvalue weighted by Gasteiger charge is -2.21. The predicted molar refractivity (Wildman–Crippen MR) is 99.3 cm³/mol. The third-order valence-electron chi connectivity index (χ3n) is 3.09. The molecule has 0 rings (SSSR count). The van der Waals surface area contributed by atoms with Crippen LogP contribution in [0.25, 0.3) is 0 Å². The number of hydrogen-bond acceptors (Lipinski definition) is 24. The smallest absolute Gasteiger partial charge is 0.294 e. The van der Waals surface area contributed by atoms with Crippen molar-refractivity contribution in [3.8, 4) is 0 Å². The van der Waals surface area contributed by atoms with Gasteiger partial charge in [0.2, 0.25) is 0 Å². The minimum atomic E-state index is -2.00. The predicted octanol–water partition coefficient (Wildman–Crippen LogP) is -2.89. The first-order chi connectivity index (χ1) is 18.4. The standard InChI is InChI=1S/2C4H6N4O12/c2*9-5(10)17-1-3(19-7(13)14)4(20-8(15)16)2-18-6(11)12/h2*3-4H,1-2H2/t2*3-,4+. The third-order valence-corrected chi connectivity index (χ3v) is 3.09. The van der Waals surface area contributed by atoms with Gasteiger partial charge in [0.15, 0.2) is 24.4 Å². The van der Waals surface area contributed by atoms with Crippen molar-refractivity contribution in [2.75, 3.05) is 26.4 Å². The van der Waals surface area contributed by atoms with Gasteiger partial charge in [0.05, 0.1) is 0 Å². The molecule has 0 aromatic carbocycles. The van der Waals surface area contributed by atoms with E-state index in [1.54, 1.807) is 0 Å². The summed E-state index contributed by atoms with van der Waals surface area (Å²) in [5, 5.41) is 69.2. The van der Waals surface area contributed by atoms with Crippen LogP contribution < -0.4 is 0 Å². The van der Waals surface area contributed by atoms with Gasteiger partial charge in [-0.15, -0.1) is 80.9 Å². The Labute approximate surface area is 212 Å². The highest BCUT2D eigenvalue weighted by Crippen LogP contribution is 2.09. The molecular weight excluding hydrogens is 592 g/mol. The fourth-order valence-electron chi connectivity index (χ4n) is 1.80. The first kappa shape index (κ1) is 35.8. The topological polar surface area (TPSA) is 419 Å². The summed E-state index contributed by atoms with van der Waals surface area (Å²) in [6, 6.07) is 0. The highest BCUT2D eigenvalue weighted by atomic mass is 17.0. The maximum atomic E-state index is 10.1. The second kappa shape index (κ2) is 18.8. The van der Waals surface area contributed by atoms with Gasteiger partial charge in [0.1, 0.15) is 26.4 Å². The van der Waals surface area contributed by atoms with E-state index in [9.17, 15) is 80.9 Å². The van der Waals surface area contributed by atoms with Gasteiger partial charge in [0.25, 0.3) is 40.7 Å². The van der Waals surface area contributed by atoms with Gasteiger partial charge in [-0.05, 0) is 0 Å². The largest absolute Gasteiger partial charge is 0.311 e. The fraction of sp³-hybridized carbons (Fsp3) is 1.00. The van der Waals surface area contributed by atoms with Crippen LogP contribution in [0, 0.1) is 80.9 Å². The highest BCUT2D eigenvalue weighted by Gasteiger charge is 2.32. The zero-order chi connectivity index (χ0) is 31.4. The van der Waals surface area contributed by atoms with Gasteiger partial charge in [0, 0.05) is 0 Å². The summed E-state index contributed by atoms with van der Waals surface area (Å²) in [6.07, 6.45) is -8.00. The molecule has 0 aliphatic rings.